The lowest BCUT2D eigenvalue weighted by Crippen LogP contribution is -2.57. The number of aromatic nitrogens is 1. The summed E-state index contributed by atoms with van der Waals surface area (Å²) in [5.74, 6) is 0.974. The van der Waals surface area contributed by atoms with Crippen LogP contribution in [-0.4, -0.2) is 65.3 Å². The highest BCUT2D eigenvalue weighted by atomic mass is 32.2. The van der Waals surface area contributed by atoms with E-state index in [2.05, 4.69) is 10.5 Å². The Balaban J connectivity index is 1.23. The maximum absolute atomic E-state index is 13.2. The number of amides is 1. The SMILES string of the molecule is NC1CCN(S(=O)(=O)N2[C@@H]3CC[C@H]2CC(NC(=O)c2cc(C4CC4)on2)C3)CC1. The van der Waals surface area contributed by atoms with Gasteiger partial charge < -0.3 is 15.6 Å². The number of hydrogen-bond acceptors (Lipinski definition) is 6. The van der Waals surface area contributed by atoms with E-state index in [9.17, 15) is 13.2 Å². The van der Waals surface area contributed by atoms with Crippen LogP contribution in [0.2, 0.25) is 0 Å². The van der Waals surface area contributed by atoms with Crippen molar-refractivity contribution in [3.8, 4) is 0 Å². The van der Waals surface area contributed by atoms with Crippen molar-refractivity contribution in [1.29, 1.82) is 0 Å². The van der Waals surface area contributed by atoms with Crippen molar-refractivity contribution in [2.75, 3.05) is 13.1 Å². The normalized spacial score (nSPS) is 31.8. The molecule has 3 atom stereocenters. The number of fused-ring (bicyclic) bond motifs is 2. The van der Waals surface area contributed by atoms with Gasteiger partial charge in [-0.3, -0.25) is 4.79 Å². The van der Waals surface area contributed by atoms with Gasteiger partial charge in [-0.25, -0.2) is 0 Å². The first-order chi connectivity index (χ1) is 13.9. The van der Waals surface area contributed by atoms with Gasteiger partial charge in [-0.15, -0.1) is 0 Å². The van der Waals surface area contributed by atoms with Crippen molar-refractivity contribution in [2.45, 2.75) is 81.5 Å². The number of piperidine rings is 2. The third-order valence-electron chi connectivity index (χ3n) is 6.83. The van der Waals surface area contributed by atoms with Gasteiger partial charge in [0.15, 0.2) is 5.69 Å². The second-order valence-corrected chi connectivity index (χ2v) is 10.8. The molecule has 0 radical (unpaired) electrons. The lowest BCUT2D eigenvalue weighted by molar-refractivity contribution is 0.0897. The highest BCUT2D eigenvalue weighted by Gasteiger charge is 2.49. The van der Waals surface area contributed by atoms with Gasteiger partial charge in [0.1, 0.15) is 5.76 Å². The Labute approximate surface area is 171 Å². The Kier molecular flexibility index (Phi) is 4.92. The van der Waals surface area contributed by atoms with Crippen LogP contribution in [0.5, 0.6) is 0 Å². The highest BCUT2D eigenvalue weighted by molar-refractivity contribution is 7.86. The van der Waals surface area contributed by atoms with Crippen molar-refractivity contribution in [1.82, 2.24) is 19.1 Å². The topological polar surface area (TPSA) is 122 Å². The fourth-order valence-corrected chi connectivity index (χ4v) is 7.16. The number of hydrogen-bond donors (Lipinski definition) is 2. The molecule has 1 aromatic heterocycles. The van der Waals surface area contributed by atoms with E-state index in [1.54, 1.807) is 14.7 Å². The van der Waals surface area contributed by atoms with E-state index in [1.807, 2.05) is 0 Å². The first-order valence-electron chi connectivity index (χ1n) is 10.7. The molecule has 1 aliphatic carbocycles. The Bertz CT molecular complexity index is 861. The van der Waals surface area contributed by atoms with Crippen LogP contribution < -0.4 is 11.1 Å². The minimum absolute atomic E-state index is 0.0395. The van der Waals surface area contributed by atoms with Gasteiger partial charge in [-0.05, 0) is 51.4 Å². The lowest BCUT2D eigenvalue weighted by Gasteiger charge is -2.41. The average molecular weight is 424 g/mol. The van der Waals surface area contributed by atoms with Crippen molar-refractivity contribution >= 4 is 16.1 Å². The molecule has 1 unspecified atom stereocenters. The number of carbonyl (C=O) groups excluding carboxylic acids is 1. The van der Waals surface area contributed by atoms with E-state index in [0.717, 1.165) is 31.4 Å². The molecular weight excluding hydrogens is 394 g/mol. The van der Waals surface area contributed by atoms with Gasteiger partial charge in [0, 0.05) is 49.2 Å². The van der Waals surface area contributed by atoms with E-state index >= 15 is 0 Å². The minimum atomic E-state index is -3.48. The van der Waals surface area contributed by atoms with E-state index in [0.29, 0.717) is 50.4 Å². The number of carbonyl (C=O) groups is 1. The molecule has 2 bridgehead atoms. The third kappa shape index (κ3) is 3.71. The summed E-state index contributed by atoms with van der Waals surface area (Å²) in [5.41, 5.74) is 6.25. The van der Waals surface area contributed by atoms with Crippen molar-refractivity contribution < 1.29 is 17.7 Å². The molecule has 3 aliphatic heterocycles. The molecule has 160 valence electrons. The molecule has 3 N–H and O–H groups in total. The van der Waals surface area contributed by atoms with Crippen LogP contribution in [0.15, 0.2) is 10.6 Å². The zero-order chi connectivity index (χ0) is 20.2. The number of nitrogens with two attached hydrogens (primary N) is 1. The molecule has 29 heavy (non-hydrogen) atoms. The van der Waals surface area contributed by atoms with Gasteiger partial charge in [0.25, 0.3) is 16.1 Å². The average Bonchev–Trinajstić information content (AvgIpc) is 3.34. The van der Waals surface area contributed by atoms with Crippen LogP contribution in [0, 0.1) is 0 Å². The molecular formula is C19H29N5O4S. The quantitative estimate of drug-likeness (QED) is 0.727. The molecule has 1 amide bonds. The maximum Gasteiger partial charge on any atom is 0.282 e. The predicted octanol–water partition coefficient (Wildman–Crippen LogP) is 0.945. The molecule has 1 aromatic rings. The van der Waals surface area contributed by atoms with E-state index < -0.39 is 10.2 Å². The summed E-state index contributed by atoms with van der Waals surface area (Å²) in [5, 5.41) is 6.96. The molecule has 3 saturated heterocycles. The first-order valence-corrected chi connectivity index (χ1v) is 12.1. The van der Waals surface area contributed by atoms with E-state index in [4.69, 9.17) is 10.3 Å². The number of nitrogens with one attached hydrogen (secondary N) is 1. The zero-order valence-corrected chi connectivity index (χ0v) is 17.3. The Hall–Kier alpha value is -1.49. The van der Waals surface area contributed by atoms with E-state index in [1.165, 1.54) is 0 Å². The third-order valence-corrected chi connectivity index (χ3v) is 8.98. The maximum atomic E-state index is 13.2. The summed E-state index contributed by atoms with van der Waals surface area (Å²) in [6.45, 7) is 0.990. The van der Waals surface area contributed by atoms with Crippen LogP contribution in [0.4, 0.5) is 0 Å². The largest absolute Gasteiger partial charge is 0.360 e. The van der Waals surface area contributed by atoms with Gasteiger partial charge in [-0.1, -0.05) is 5.16 Å². The van der Waals surface area contributed by atoms with Gasteiger partial charge in [0.05, 0.1) is 0 Å². The fourth-order valence-electron chi connectivity index (χ4n) is 5.08. The number of nitrogens with zero attached hydrogens (tertiary/aromatic N) is 3. The minimum Gasteiger partial charge on any atom is -0.360 e. The molecule has 5 rings (SSSR count). The summed E-state index contributed by atoms with van der Waals surface area (Å²) in [4.78, 5) is 12.6. The number of rotatable bonds is 5. The Morgan fingerprint density at radius 3 is 2.38 bits per heavy atom. The van der Waals surface area contributed by atoms with Crippen molar-refractivity contribution in [3.63, 3.8) is 0 Å². The van der Waals surface area contributed by atoms with Crippen LogP contribution in [0.25, 0.3) is 0 Å². The highest BCUT2D eigenvalue weighted by Crippen LogP contribution is 2.41. The Morgan fingerprint density at radius 1 is 1.10 bits per heavy atom. The summed E-state index contributed by atoms with van der Waals surface area (Å²) in [6, 6.07) is 1.68. The van der Waals surface area contributed by atoms with Gasteiger partial charge in [-0.2, -0.15) is 17.0 Å². The van der Waals surface area contributed by atoms with Crippen LogP contribution >= 0.6 is 0 Å². The molecule has 4 heterocycles. The standard InChI is InChI=1S/C19H29N5O4S/c20-13-5-7-23(8-6-13)29(26,27)24-15-3-4-16(24)10-14(9-15)21-19(25)17-11-18(28-22-17)12-1-2-12/h11-16H,1-10,20H2,(H,21,25)/t14?,15-,16+. The first kappa shape index (κ1) is 19.5. The zero-order valence-electron chi connectivity index (χ0n) is 16.5. The van der Waals surface area contributed by atoms with Crippen LogP contribution in [-0.2, 0) is 10.2 Å². The van der Waals surface area contributed by atoms with E-state index in [-0.39, 0.29) is 30.1 Å². The summed E-state index contributed by atoms with van der Waals surface area (Å²) in [7, 11) is -3.48. The van der Waals surface area contributed by atoms with Crippen LogP contribution in [0.1, 0.15) is 73.5 Å². The summed E-state index contributed by atoms with van der Waals surface area (Å²) in [6.07, 6.45) is 6.58. The van der Waals surface area contributed by atoms with Gasteiger partial charge >= 0.3 is 0 Å². The van der Waals surface area contributed by atoms with Crippen molar-refractivity contribution in [3.05, 3.63) is 17.5 Å². The van der Waals surface area contributed by atoms with Crippen molar-refractivity contribution in [2.24, 2.45) is 5.73 Å². The molecule has 0 spiro atoms. The van der Waals surface area contributed by atoms with Crippen LogP contribution in [0.3, 0.4) is 0 Å². The Morgan fingerprint density at radius 2 is 1.76 bits per heavy atom. The molecule has 4 aliphatic rings. The predicted molar refractivity (Wildman–Crippen MR) is 105 cm³/mol. The molecule has 4 fully saturated rings. The molecule has 0 aromatic carbocycles. The molecule has 1 saturated carbocycles. The smallest absolute Gasteiger partial charge is 0.282 e. The second-order valence-electron chi connectivity index (χ2n) is 8.99. The lowest BCUT2D eigenvalue weighted by atomic mass is 9.99. The summed E-state index contributed by atoms with van der Waals surface area (Å²) < 4.78 is 35.1. The van der Waals surface area contributed by atoms with Gasteiger partial charge in [0.2, 0.25) is 0 Å². The molecule has 9 nitrogen and oxygen atoms in total. The monoisotopic (exact) mass is 423 g/mol. The summed E-state index contributed by atoms with van der Waals surface area (Å²) >= 11 is 0. The second kappa shape index (κ2) is 7.33. The molecule has 10 heteroatoms. The fraction of sp³-hybridized carbons (Fsp3) is 0.789.